The van der Waals surface area contributed by atoms with Gasteiger partial charge in [0.2, 0.25) is 0 Å². The van der Waals surface area contributed by atoms with Crippen molar-refractivity contribution in [1.29, 1.82) is 0 Å². The van der Waals surface area contributed by atoms with E-state index in [4.69, 9.17) is 23.2 Å². The van der Waals surface area contributed by atoms with Crippen LogP contribution in [0.1, 0.15) is 5.56 Å². The molecule has 0 aliphatic carbocycles. The summed E-state index contributed by atoms with van der Waals surface area (Å²) in [5.41, 5.74) is 2.80. The van der Waals surface area contributed by atoms with Crippen LogP contribution < -0.4 is 5.32 Å². The molecule has 3 aromatic rings. The quantitative estimate of drug-likeness (QED) is 0.798. The summed E-state index contributed by atoms with van der Waals surface area (Å²) in [5, 5.41) is 4.63. The second-order valence-corrected chi connectivity index (χ2v) is 5.32. The molecule has 0 saturated heterocycles. The topological polar surface area (TPSA) is 42.7 Å². The second kappa shape index (κ2) is 5.31. The molecule has 0 aliphatic heterocycles. The van der Waals surface area contributed by atoms with Gasteiger partial charge in [0.25, 0.3) is 0 Å². The van der Waals surface area contributed by atoms with Crippen LogP contribution in [-0.2, 0) is 13.6 Å². The van der Waals surface area contributed by atoms with Gasteiger partial charge in [0.15, 0.2) is 5.82 Å². The number of anilines is 1. The number of halogens is 2. The Balaban J connectivity index is 1.90. The maximum atomic E-state index is 6.15. The first kappa shape index (κ1) is 13.2. The maximum Gasteiger partial charge on any atom is 0.152 e. The molecule has 0 spiro atoms. The van der Waals surface area contributed by atoms with Gasteiger partial charge in [0, 0.05) is 29.8 Å². The Morgan fingerprint density at radius 3 is 2.90 bits per heavy atom. The summed E-state index contributed by atoms with van der Waals surface area (Å²) in [6.45, 7) is 0.552. The van der Waals surface area contributed by atoms with Crippen LogP contribution in [0.4, 0.5) is 5.82 Å². The van der Waals surface area contributed by atoms with E-state index in [1.54, 1.807) is 24.7 Å². The molecular weight excluding hydrogens is 295 g/mol. The minimum absolute atomic E-state index is 0.552. The molecule has 3 rings (SSSR count). The Bertz CT molecular complexity index is 767. The van der Waals surface area contributed by atoms with E-state index in [1.807, 2.05) is 23.7 Å². The van der Waals surface area contributed by atoms with Crippen molar-refractivity contribution in [2.24, 2.45) is 7.05 Å². The molecule has 0 bridgehead atoms. The number of benzene rings is 1. The van der Waals surface area contributed by atoms with E-state index in [0.29, 0.717) is 16.6 Å². The van der Waals surface area contributed by atoms with E-state index in [0.717, 1.165) is 22.4 Å². The summed E-state index contributed by atoms with van der Waals surface area (Å²) in [5.74, 6) is 0.776. The molecule has 102 valence electrons. The van der Waals surface area contributed by atoms with Crippen LogP contribution in [0.25, 0.3) is 11.0 Å². The van der Waals surface area contributed by atoms with E-state index in [1.165, 1.54) is 0 Å². The number of hydrogen-bond donors (Lipinski definition) is 1. The first-order valence-electron chi connectivity index (χ1n) is 6.09. The molecule has 4 nitrogen and oxygen atoms in total. The molecule has 0 aliphatic rings. The van der Waals surface area contributed by atoms with Crippen LogP contribution in [0.2, 0.25) is 10.0 Å². The number of fused-ring (bicyclic) bond motifs is 1. The molecule has 1 N–H and O–H groups in total. The van der Waals surface area contributed by atoms with Crippen molar-refractivity contribution in [1.82, 2.24) is 14.5 Å². The minimum atomic E-state index is 0.552. The van der Waals surface area contributed by atoms with Crippen molar-refractivity contribution in [2.75, 3.05) is 5.32 Å². The largest absolute Gasteiger partial charge is 0.364 e. The molecule has 0 fully saturated rings. The predicted octanol–water partition coefficient (Wildman–Crippen LogP) is 3.89. The molecular formula is C14H12Cl2N4. The van der Waals surface area contributed by atoms with Crippen LogP contribution in [0.5, 0.6) is 0 Å². The Kier molecular flexibility index (Phi) is 3.51. The van der Waals surface area contributed by atoms with Gasteiger partial charge in [-0.15, -0.1) is 0 Å². The molecule has 0 unspecified atom stereocenters. The maximum absolute atomic E-state index is 6.15. The van der Waals surface area contributed by atoms with Gasteiger partial charge in [0.1, 0.15) is 5.52 Å². The smallest absolute Gasteiger partial charge is 0.152 e. The molecule has 0 atom stereocenters. The Hall–Kier alpha value is -1.78. The molecule has 1 aromatic carbocycles. The zero-order valence-corrected chi connectivity index (χ0v) is 12.3. The van der Waals surface area contributed by atoms with Gasteiger partial charge in [0.05, 0.1) is 11.8 Å². The Labute approximate surface area is 126 Å². The third kappa shape index (κ3) is 2.44. The van der Waals surface area contributed by atoms with Crippen LogP contribution in [0, 0.1) is 0 Å². The first-order valence-corrected chi connectivity index (χ1v) is 6.84. The zero-order chi connectivity index (χ0) is 14.1. The molecule has 20 heavy (non-hydrogen) atoms. The van der Waals surface area contributed by atoms with Gasteiger partial charge in [-0.25, -0.2) is 9.97 Å². The summed E-state index contributed by atoms with van der Waals surface area (Å²) in [6.07, 6.45) is 3.50. The van der Waals surface area contributed by atoms with E-state index >= 15 is 0 Å². The Morgan fingerprint density at radius 1 is 1.20 bits per heavy atom. The van der Waals surface area contributed by atoms with Crippen molar-refractivity contribution in [3.8, 4) is 0 Å². The molecule has 0 amide bonds. The molecule has 0 saturated carbocycles. The van der Waals surface area contributed by atoms with E-state index in [-0.39, 0.29) is 0 Å². The highest BCUT2D eigenvalue weighted by Crippen LogP contribution is 2.23. The number of nitrogens with one attached hydrogen (secondary N) is 1. The number of hydrogen-bond acceptors (Lipinski definition) is 3. The highest BCUT2D eigenvalue weighted by atomic mass is 35.5. The molecule has 2 aromatic heterocycles. The fourth-order valence-corrected chi connectivity index (χ4v) is 2.47. The predicted molar refractivity (Wildman–Crippen MR) is 82.3 cm³/mol. The van der Waals surface area contributed by atoms with Crippen LogP contribution in [-0.4, -0.2) is 14.5 Å². The third-order valence-corrected chi connectivity index (χ3v) is 3.68. The lowest BCUT2D eigenvalue weighted by Gasteiger charge is -2.09. The summed E-state index contributed by atoms with van der Waals surface area (Å²) >= 11 is 12.1. The lowest BCUT2D eigenvalue weighted by molar-refractivity contribution is 0.942. The van der Waals surface area contributed by atoms with Gasteiger partial charge in [-0.05, 0) is 29.8 Å². The summed E-state index contributed by atoms with van der Waals surface area (Å²) < 4.78 is 1.93. The molecule has 6 heteroatoms. The number of nitrogens with zero attached hydrogens (tertiary/aromatic N) is 3. The number of rotatable bonds is 3. The van der Waals surface area contributed by atoms with Crippen molar-refractivity contribution in [2.45, 2.75) is 6.54 Å². The standard InChI is InChI=1S/C14H12Cl2N4/c1-20-8-19-12-4-5-17-14(13(12)20)18-7-9-6-10(15)2-3-11(9)16/h2-6,8H,7H2,1H3,(H,17,18). The third-order valence-electron chi connectivity index (χ3n) is 3.08. The minimum Gasteiger partial charge on any atom is -0.364 e. The van der Waals surface area contributed by atoms with E-state index in [2.05, 4.69) is 15.3 Å². The Morgan fingerprint density at radius 2 is 2.05 bits per heavy atom. The summed E-state index contributed by atoms with van der Waals surface area (Å²) in [7, 11) is 1.94. The fraction of sp³-hybridized carbons (Fsp3) is 0.143. The van der Waals surface area contributed by atoms with E-state index in [9.17, 15) is 0 Å². The monoisotopic (exact) mass is 306 g/mol. The molecule has 0 radical (unpaired) electrons. The van der Waals surface area contributed by atoms with Crippen molar-refractivity contribution in [3.05, 3.63) is 52.4 Å². The van der Waals surface area contributed by atoms with Gasteiger partial charge < -0.3 is 9.88 Å². The number of imidazole rings is 1. The first-order chi connectivity index (χ1) is 9.65. The highest BCUT2D eigenvalue weighted by Gasteiger charge is 2.08. The number of pyridine rings is 1. The van der Waals surface area contributed by atoms with Gasteiger partial charge in [-0.1, -0.05) is 23.2 Å². The second-order valence-electron chi connectivity index (χ2n) is 4.47. The highest BCUT2D eigenvalue weighted by molar-refractivity contribution is 6.33. The molecule has 2 heterocycles. The van der Waals surface area contributed by atoms with Crippen molar-refractivity contribution < 1.29 is 0 Å². The van der Waals surface area contributed by atoms with Gasteiger partial charge in [-0.3, -0.25) is 0 Å². The van der Waals surface area contributed by atoms with Crippen LogP contribution >= 0.6 is 23.2 Å². The average Bonchev–Trinajstić information content (AvgIpc) is 2.82. The lowest BCUT2D eigenvalue weighted by Crippen LogP contribution is -2.04. The lowest BCUT2D eigenvalue weighted by atomic mass is 10.2. The number of aromatic nitrogens is 3. The van der Waals surface area contributed by atoms with Gasteiger partial charge >= 0.3 is 0 Å². The fourth-order valence-electron chi connectivity index (χ4n) is 2.09. The average molecular weight is 307 g/mol. The van der Waals surface area contributed by atoms with Crippen LogP contribution in [0.3, 0.4) is 0 Å². The normalized spacial score (nSPS) is 10.9. The number of aryl methyl sites for hydroxylation is 1. The summed E-state index contributed by atoms with van der Waals surface area (Å²) in [6, 6.07) is 7.29. The van der Waals surface area contributed by atoms with Crippen molar-refractivity contribution in [3.63, 3.8) is 0 Å². The zero-order valence-electron chi connectivity index (χ0n) is 10.8. The summed E-state index contributed by atoms with van der Waals surface area (Å²) in [4.78, 5) is 8.66. The van der Waals surface area contributed by atoms with Gasteiger partial charge in [-0.2, -0.15) is 0 Å². The van der Waals surface area contributed by atoms with Crippen LogP contribution in [0.15, 0.2) is 36.8 Å². The van der Waals surface area contributed by atoms with E-state index < -0.39 is 0 Å². The SMILES string of the molecule is Cn1cnc2ccnc(NCc3cc(Cl)ccc3Cl)c21. The van der Waals surface area contributed by atoms with Crippen molar-refractivity contribution >= 4 is 40.1 Å².